The van der Waals surface area contributed by atoms with Crippen molar-refractivity contribution in [2.45, 2.75) is 6.92 Å². The number of hydrogen-bond acceptors (Lipinski definition) is 4. The van der Waals surface area contributed by atoms with Gasteiger partial charge in [-0.2, -0.15) is 5.26 Å². The summed E-state index contributed by atoms with van der Waals surface area (Å²) in [7, 11) is 0. The van der Waals surface area contributed by atoms with E-state index in [1.165, 1.54) is 0 Å². The summed E-state index contributed by atoms with van der Waals surface area (Å²) in [5.41, 5.74) is 0.308. The first-order valence-electron chi connectivity index (χ1n) is 4.47. The maximum absolute atomic E-state index is 10.5. The standard InChI is InChI=1S/C10H11N3O2/c1-7(10(14)15)6-12-9-4-2-3-8(5-11)13-9/h2-4,7H,6H2,1H3,(H,12,13)(H,14,15). The lowest BCUT2D eigenvalue weighted by Crippen LogP contribution is -2.20. The molecule has 15 heavy (non-hydrogen) atoms. The monoisotopic (exact) mass is 205 g/mol. The van der Waals surface area contributed by atoms with E-state index in [4.69, 9.17) is 10.4 Å². The molecule has 1 rings (SSSR count). The number of aromatic nitrogens is 1. The van der Waals surface area contributed by atoms with Crippen molar-refractivity contribution in [1.29, 1.82) is 5.26 Å². The number of nitrogens with one attached hydrogen (secondary N) is 1. The lowest BCUT2D eigenvalue weighted by molar-refractivity contribution is -0.140. The fraction of sp³-hybridized carbons (Fsp3) is 0.300. The highest BCUT2D eigenvalue weighted by Crippen LogP contribution is 2.05. The lowest BCUT2D eigenvalue weighted by atomic mass is 10.2. The maximum atomic E-state index is 10.5. The Hall–Kier alpha value is -2.09. The zero-order chi connectivity index (χ0) is 11.3. The van der Waals surface area contributed by atoms with Gasteiger partial charge in [-0.25, -0.2) is 4.98 Å². The zero-order valence-corrected chi connectivity index (χ0v) is 8.27. The van der Waals surface area contributed by atoms with E-state index in [9.17, 15) is 4.79 Å². The van der Waals surface area contributed by atoms with Gasteiger partial charge in [-0.3, -0.25) is 4.79 Å². The molecule has 0 fully saturated rings. The van der Waals surface area contributed by atoms with E-state index in [2.05, 4.69) is 10.3 Å². The molecule has 1 aromatic heterocycles. The molecular weight excluding hydrogens is 194 g/mol. The van der Waals surface area contributed by atoms with Crippen molar-refractivity contribution < 1.29 is 9.90 Å². The number of carbonyl (C=O) groups is 1. The van der Waals surface area contributed by atoms with E-state index < -0.39 is 11.9 Å². The van der Waals surface area contributed by atoms with Gasteiger partial charge in [0.05, 0.1) is 5.92 Å². The summed E-state index contributed by atoms with van der Waals surface area (Å²) in [6.07, 6.45) is 0. The van der Waals surface area contributed by atoms with Crippen LogP contribution >= 0.6 is 0 Å². The fourth-order valence-corrected chi connectivity index (χ4v) is 0.940. The number of hydrogen-bond donors (Lipinski definition) is 2. The molecule has 1 heterocycles. The molecule has 0 saturated heterocycles. The van der Waals surface area contributed by atoms with E-state index >= 15 is 0 Å². The van der Waals surface area contributed by atoms with Gasteiger partial charge in [-0.05, 0) is 12.1 Å². The molecule has 1 atom stereocenters. The molecule has 0 aliphatic carbocycles. The third kappa shape index (κ3) is 3.27. The number of anilines is 1. The van der Waals surface area contributed by atoms with Gasteiger partial charge in [0.1, 0.15) is 17.6 Å². The lowest BCUT2D eigenvalue weighted by Gasteiger charge is -2.08. The Bertz CT molecular complexity index is 398. The van der Waals surface area contributed by atoms with Gasteiger partial charge in [0.25, 0.3) is 0 Å². The normalized spacial score (nSPS) is 11.5. The second-order valence-electron chi connectivity index (χ2n) is 3.14. The molecule has 1 aromatic rings. The SMILES string of the molecule is CC(CNc1cccc(C#N)n1)C(=O)O. The molecular formula is C10H11N3O2. The predicted molar refractivity (Wildman–Crippen MR) is 54.2 cm³/mol. The molecule has 0 bridgehead atoms. The van der Waals surface area contributed by atoms with Crippen LogP contribution in [0.1, 0.15) is 12.6 Å². The second kappa shape index (κ2) is 4.96. The molecule has 5 nitrogen and oxygen atoms in total. The molecule has 0 radical (unpaired) electrons. The number of nitriles is 1. The molecule has 5 heteroatoms. The average Bonchev–Trinajstić information content (AvgIpc) is 2.26. The molecule has 0 aliphatic heterocycles. The average molecular weight is 205 g/mol. The minimum Gasteiger partial charge on any atom is -0.481 e. The van der Waals surface area contributed by atoms with Crippen LogP contribution in [-0.4, -0.2) is 22.6 Å². The molecule has 78 valence electrons. The van der Waals surface area contributed by atoms with Gasteiger partial charge in [0.15, 0.2) is 0 Å². The summed E-state index contributed by atoms with van der Waals surface area (Å²) in [5.74, 6) is -0.835. The van der Waals surface area contributed by atoms with Crippen LogP contribution in [-0.2, 0) is 4.79 Å². The van der Waals surface area contributed by atoms with Crippen LogP contribution < -0.4 is 5.32 Å². The summed E-state index contributed by atoms with van der Waals surface area (Å²) in [6, 6.07) is 6.88. The minimum absolute atomic E-state index is 0.289. The van der Waals surface area contributed by atoms with Crippen LogP contribution in [0.15, 0.2) is 18.2 Å². The fourth-order valence-electron chi connectivity index (χ4n) is 0.940. The van der Waals surface area contributed by atoms with Crippen LogP contribution in [0, 0.1) is 17.2 Å². The highest BCUT2D eigenvalue weighted by molar-refractivity contribution is 5.70. The number of aliphatic carboxylic acids is 1. The Kier molecular flexibility index (Phi) is 3.63. The van der Waals surface area contributed by atoms with Crippen LogP contribution in [0.2, 0.25) is 0 Å². The van der Waals surface area contributed by atoms with Crippen molar-refractivity contribution in [3.8, 4) is 6.07 Å². The topological polar surface area (TPSA) is 86.0 Å². The Balaban J connectivity index is 2.58. The van der Waals surface area contributed by atoms with Crippen molar-refractivity contribution in [1.82, 2.24) is 4.98 Å². The van der Waals surface area contributed by atoms with Crippen LogP contribution in [0.25, 0.3) is 0 Å². The van der Waals surface area contributed by atoms with Crippen molar-refractivity contribution in [2.24, 2.45) is 5.92 Å². The van der Waals surface area contributed by atoms with E-state index in [0.29, 0.717) is 11.5 Å². The first-order valence-corrected chi connectivity index (χ1v) is 4.47. The molecule has 0 spiro atoms. The van der Waals surface area contributed by atoms with Crippen LogP contribution in [0.4, 0.5) is 5.82 Å². The largest absolute Gasteiger partial charge is 0.481 e. The molecule has 0 aromatic carbocycles. The summed E-state index contributed by atoms with van der Waals surface area (Å²) in [5, 5.41) is 20.1. The van der Waals surface area contributed by atoms with E-state index in [0.717, 1.165) is 0 Å². The molecule has 2 N–H and O–H groups in total. The Labute approximate surface area is 87.4 Å². The van der Waals surface area contributed by atoms with Gasteiger partial charge in [0, 0.05) is 6.54 Å². The number of carboxylic acid groups (broad SMARTS) is 1. The summed E-state index contributed by atoms with van der Waals surface area (Å²) in [4.78, 5) is 14.5. The molecule has 0 saturated carbocycles. The Morgan fingerprint density at radius 1 is 1.73 bits per heavy atom. The van der Waals surface area contributed by atoms with Crippen molar-refractivity contribution >= 4 is 11.8 Å². The second-order valence-corrected chi connectivity index (χ2v) is 3.14. The van der Waals surface area contributed by atoms with E-state index in [1.807, 2.05) is 6.07 Å². The Morgan fingerprint density at radius 2 is 2.47 bits per heavy atom. The molecule has 0 amide bonds. The van der Waals surface area contributed by atoms with Crippen LogP contribution in [0.3, 0.4) is 0 Å². The highest BCUT2D eigenvalue weighted by Gasteiger charge is 2.10. The minimum atomic E-state index is -0.862. The van der Waals surface area contributed by atoms with Gasteiger partial charge in [0.2, 0.25) is 0 Å². The van der Waals surface area contributed by atoms with Gasteiger partial charge in [-0.1, -0.05) is 13.0 Å². The quantitative estimate of drug-likeness (QED) is 0.768. The highest BCUT2D eigenvalue weighted by atomic mass is 16.4. The molecule has 1 unspecified atom stereocenters. The smallest absolute Gasteiger partial charge is 0.308 e. The third-order valence-corrected chi connectivity index (χ3v) is 1.87. The maximum Gasteiger partial charge on any atom is 0.308 e. The summed E-state index contributed by atoms with van der Waals surface area (Å²) < 4.78 is 0. The first kappa shape index (κ1) is 11.0. The number of carboxylic acids is 1. The number of nitrogens with zero attached hydrogens (tertiary/aromatic N) is 2. The number of pyridine rings is 1. The summed E-state index contributed by atoms with van der Waals surface area (Å²) in [6.45, 7) is 1.89. The third-order valence-electron chi connectivity index (χ3n) is 1.87. The van der Waals surface area contributed by atoms with Crippen molar-refractivity contribution in [3.05, 3.63) is 23.9 Å². The van der Waals surface area contributed by atoms with E-state index in [-0.39, 0.29) is 6.54 Å². The Morgan fingerprint density at radius 3 is 3.07 bits per heavy atom. The van der Waals surface area contributed by atoms with Gasteiger partial charge < -0.3 is 10.4 Å². The first-order chi connectivity index (χ1) is 7.13. The van der Waals surface area contributed by atoms with Crippen molar-refractivity contribution in [2.75, 3.05) is 11.9 Å². The van der Waals surface area contributed by atoms with Crippen molar-refractivity contribution in [3.63, 3.8) is 0 Å². The zero-order valence-electron chi connectivity index (χ0n) is 8.27. The predicted octanol–water partition coefficient (Wildman–Crippen LogP) is 1.09. The van der Waals surface area contributed by atoms with Gasteiger partial charge in [-0.15, -0.1) is 0 Å². The molecule has 0 aliphatic rings. The summed E-state index contributed by atoms with van der Waals surface area (Å²) >= 11 is 0. The number of rotatable bonds is 4. The van der Waals surface area contributed by atoms with E-state index in [1.54, 1.807) is 25.1 Å². The van der Waals surface area contributed by atoms with Gasteiger partial charge >= 0.3 is 5.97 Å². The van der Waals surface area contributed by atoms with Crippen LogP contribution in [0.5, 0.6) is 0 Å².